The van der Waals surface area contributed by atoms with Crippen LogP contribution in [0.4, 0.5) is 0 Å². The van der Waals surface area contributed by atoms with E-state index in [4.69, 9.17) is 9.47 Å². The highest BCUT2D eigenvalue weighted by atomic mass is 16.7. The minimum absolute atomic E-state index is 0.0487. The van der Waals surface area contributed by atoms with Gasteiger partial charge in [-0.1, -0.05) is 24.3 Å². The highest BCUT2D eigenvalue weighted by molar-refractivity contribution is 5.17. The predicted molar refractivity (Wildman–Crippen MR) is 53.4 cm³/mol. The summed E-state index contributed by atoms with van der Waals surface area (Å²) >= 11 is 0. The van der Waals surface area contributed by atoms with Gasteiger partial charge in [0, 0.05) is 25.6 Å². The Morgan fingerprint density at radius 2 is 1.62 bits per heavy atom. The number of hydrogen-bond acceptors (Lipinski definition) is 2. The first-order valence-corrected chi connectivity index (χ1v) is 4.95. The van der Waals surface area contributed by atoms with Crippen molar-refractivity contribution in [3.8, 4) is 0 Å². The molecule has 0 fully saturated rings. The number of ether oxygens (including phenoxy) is 2. The lowest BCUT2D eigenvalue weighted by molar-refractivity contribution is -0.142. The van der Waals surface area contributed by atoms with E-state index in [-0.39, 0.29) is 6.29 Å². The van der Waals surface area contributed by atoms with Gasteiger partial charge in [-0.25, -0.2) is 0 Å². The summed E-state index contributed by atoms with van der Waals surface area (Å²) in [6, 6.07) is 0. The second kappa shape index (κ2) is 5.95. The van der Waals surface area contributed by atoms with Crippen LogP contribution in [0.3, 0.4) is 0 Å². The molecule has 0 unspecified atom stereocenters. The van der Waals surface area contributed by atoms with Gasteiger partial charge in [-0.05, 0) is 13.8 Å². The van der Waals surface area contributed by atoms with Crippen LogP contribution in [0.2, 0.25) is 0 Å². The van der Waals surface area contributed by atoms with E-state index in [9.17, 15) is 0 Å². The maximum Gasteiger partial charge on any atom is 0.158 e. The molecule has 0 aromatic carbocycles. The minimum Gasteiger partial charge on any atom is -0.353 e. The molecule has 0 radical (unpaired) electrons. The standard InChI is InChI=1S/C11H18O2/c1-3-12-11(13-4-2)9-10-7-5-6-8-10/h5-8,10-11H,3-4,9H2,1-2H3. The summed E-state index contributed by atoms with van der Waals surface area (Å²) in [6.07, 6.45) is 9.36. The van der Waals surface area contributed by atoms with Crippen molar-refractivity contribution in [2.45, 2.75) is 26.6 Å². The first-order chi connectivity index (χ1) is 6.36. The van der Waals surface area contributed by atoms with Crippen LogP contribution in [0.5, 0.6) is 0 Å². The van der Waals surface area contributed by atoms with Crippen LogP contribution in [0.1, 0.15) is 20.3 Å². The second-order valence-electron chi connectivity index (χ2n) is 3.01. The monoisotopic (exact) mass is 182 g/mol. The molecule has 0 atom stereocenters. The van der Waals surface area contributed by atoms with Crippen molar-refractivity contribution in [2.75, 3.05) is 13.2 Å². The van der Waals surface area contributed by atoms with Crippen molar-refractivity contribution < 1.29 is 9.47 Å². The Morgan fingerprint density at radius 3 is 2.08 bits per heavy atom. The van der Waals surface area contributed by atoms with Gasteiger partial charge in [0.2, 0.25) is 0 Å². The summed E-state index contributed by atoms with van der Waals surface area (Å²) < 4.78 is 10.9. The van der Waals surface area contributed by atoms with Gasteiger partial charge in [0.15, 0.2) is 6.29 Å². The van der Waals surface area contributed by atoms with Crippen molar-refractivity contribution >= 4 is 0 Å². The molecule has 0 saturated carbocycles. The molecule has 0 saturated heterocycles. The zero-order valence-corrected chi connectivity index (χ0v) is 8.40. The number of hydrogen-bond donors (Lipinski definition) is 0. The van der Waals surface area contributed by atoms with E-state index in [1.165, 1.54) is 0 Å². The van der Waals surface area contributed by atoms with Gasteiger partial charge < -0.3 is 9.47 Å². The third-order valence-electron chi connectivity index (χ3n) is 2.00. The molecule has 0 N–H and O–H groups in total. The van der Waals surface area contributed by atoms with E-state index in [1.807, 2.05) is 13.8 Å². The van der Waals surface area contributed by atoms with E-state index >= 15 is 0 Å². The van der Waals surface area contributed by atoms with Gasteiger partial charge >= 0.3 is 0 Å². The summed E-state index contributed by atoms with van der Waals surface area (Å²) in [6.45, 7) is 5.41. The topological polar surface area (TPSA) is 18.5 Å². The summed E-state index contributed by atoms with van der Waals surface area (Å²) in [4.78, 5) is 0. The first-order valence-electron chi connectivity index (χ1n) is 4.95. The van der Waals surface area contributed by atoms with Crippen molar-refractivity contribution in [3.05, 3.63) is 24.3 Å². The molecule has 0 bridgehead atoms. The maximum atomic E-state index is 5.45. The molecule has 0 spiro atoms. The smallest absolute Gasteiger partial charge is 0.158 e. The molecule has 1 rings (SSSR count). The molecule has 13 heavy (non-hydrogen) atoms. The Morgan fingerprint density at radius 1 is 1.08 bits per heavy atom. The van der Waals surface area contributed by atoms with Gasteiger partial charge in [0.1, 0.15) is 0 Å². The maximum absolute atomic E-state index is 5.45. The lowest BCUT2D eigenvalue weighted by atomic mass is 10.1. The first kappa shape index (κ1) is 10.5. The van der Waals surface area contributed by atoms with Crippen molar-refractivity contribution in [1.82, 2.24) is 0 Å². The summed E-state index contributed by atoms with van der Waals surface area (Å²) in [5, 5.41) is 0. The third-order valence-corrected chi connectivity index (χ3v) is 2.00. The molecule has 0 amide bonds. The SMILES string of the molecule is CCOC(CC1C=CC=C1)OCC. The molecule has 1 aliphatic rings. The molecule has 0 aliphatic heterocycles. The second-order valence-corrected chi connectivity index (χ2v) is 3.01. The Labute approximate surface area is 80.2 Å². The van der Waals surface area contributed by atoms with E-state index in [0.717, 1.165) is 6.42 Å². The van der Waals surface area contributed by atoms with E-state index in [1.54, 1.807) is 0 Å². The Bertz CT molecular complexity index is 167. The quantitative estimate of drug-likeness (QED) is 0.588. The van der Waals surface area contributed by atoms with Crippen molar-refractivity contribution in [2.24, 2.45) is 5.92 Å². The van der Waals surface area contributed by atoms with Crippen LogP contribution in [0, 0.1) is 5.92 Å². The van der Waals surface area contributed by atoms with E-state index in [2.05, 4.69) is 24.3 Å². The lowest BCUT2D eigenvalue weighted by Crippen LogP contribution is -2.19. The lowest BCUT2D eigenvalue weighted by Gasteiger charge is -2.18. The van der Waals surface area contributed by atoms with E-state index < -0.39 is 0 Å². The number of rotatable bonds is 6. The van der Waals surface area contributed by atoms with Crippen LogP contribution in [0.25, 0.3) is 0 Å². The third kappa shape index (κ3) is 3.75. The molecule has 0 aromatic rings. The Balaban J connectivity index is 2.28. The van der Waals surface area contributed by atoms with Crippen LogP contribution < -0.4 is 0 Å². The van der Waals surface area contributed by atoms with Crippen molar-refractivity contribution in [3.63, 3.8) is 0 Å². The molecule has 1 aliphatic carbocycles. The zero-order valence-electron chi connectivity index (χ0n) is 8.40. The Hall–Kier alpha value is -0.600. The van der Waals surface area contributed by atoms with Crippen molar-refractivity contribution in [1.29, 1.82) is 0 Å². The highest BCUT2D eigenvalue weighted by Crippen LogP contribution is 2.17. The fraction of sp³-hybridized carbons (Fsp3) is 0.636. The fourth-order valence-corrected chi connectivity index (χ4v) is 1.41. The molecule has 0 heterocycles. The minimum atomic E-state index is -0.0487. The molecule has 74 valence electrons. The molecule has 2 nitrogen and oxygen atoms in total. The van der Waals surface area contributed by atoms with Gasteiger partial charge in [-0.2, -0.15) is 0 Å². The number of allylic oxidation sites excluding steroid dienone is 4. The fourth-order valence-electron chi connectivity index (χ4n) is 1.41. The molecular formula is C11H18O2. The molecular weight excluding hydrogens is 164 g/mol. The predicted octanol–water partition coefficient (Wildman–Crippen LogP) is 2.52. The van der Waals surface area contributed by atoms with Gasteiger partial charge in [-0.15, -0.1) is 0 Å². The van der Waals surface area contributed by atoms with Crippen LogP contribution >= 0.6 is 0 Å². The van der Waals surface area contributed by atoms with Gasteiger partial charge in [0.05, 0.1) is 0 Å². The summed E-state index contributed by atoms with van der Waals surface area (Å²) in [5.41, 5.74) is 0. The van der Waals surface area contributed by atoms with Gasteiger partial charge in [0.25, 0.3) is 0 Å². The van der Waals surface area contributed by atoms with E-state index in [0.29, 0.717) is 19.1 Å². The molecule has 2 heteroatoms. The zero-order chi connectivity index (χ0) is 9.52. The normalized spacial score (nSPS) is 16.2. The highest BCUT2D eigenvalue weighted by Gasteiger charge is 2.13. The average molecular weight is 182 g/mol. The van der Waals surface area contributed by atoms with Gasteiger partial charge in [-0.3, -0.25) is 0 Å². The van der Waals surface area contributed by atoms with Crippen LogP contribution in [0.15, 0.2) is 24.3 Å². The summed E-state index contributed by atoms with van der Waals surface area (Å²) in [7, 11) is 0. The largest absolute Gasteiger partial charge is 0.353 e. The molecule has 0 aromatic heterocycles. The summed E-state index contributed by atoms with van der Waals surface area (Å²) in [5.74, 6) is 0.489. The Kier molecular flexibility index (Phi) is 4.79. The average Bonchev–Trinajstić information content (AvgIpc) is 2.58. The van der Waals surface area contributed by atoms with Crippen LogP contribution in [-0.2, 0) is 9.47 Å². The van der Waals surface area contributed by atoms with Crippen LogP contribution in [-0.4, -0.2) is 19.5 Å².